The molecule has 0 aliphatic heterocycles. The highest BCUT2D eigenvalue weighted by Gasteiger charge is 2.11. The van der Waals surface area contributed by atoms with Crippen LogP contribution in [0.25, 0.3) is 0 Å². The first kappa shape index (κ1) is 18.1. The maximum absolute atomic E-state index is 12.2. The second-order valence-electron chi connectivity index (χ2n) is 5.36. The van der Waals surface area contributed by atoms with Crippen molar-refractivity contribution < 1.29 is 14.3 Å². The molecule has 1 amide bonds. The van der Waals surface area contributed by atoms with Crippen molar-refractivity contribution in [1.82, 2.24) is 5.32 Å². The van der Waals surface area contributed by atoms with Crippen LogP contribution in [0.5, 0.6) is 11.5 Å². The number of para-hydroxylation sites is 1. The molecule has 0 heterocycles. The number of carbonyl (C=O) groups is 1. The standard InChI is InChI=1S/C19H22ClNO3/c1-3-4-11-21-19(22)14-9-10-17(23-2)15(12-14)13-24-18-8-6-5-7-16(18)20/h5-10,12H,3-4,11,13H2,1-2H3,(H,21,22). The third kappa shape index (κ3) is 4.90. The first-order chi connectivity index (χ1) is 11.7. The number of unbranched alkanes of at least 4 members (excludes halogenated alkanes) is 1. The zero-order valence-electron chi connectivity index (χ0n) is 14.0. The lowest BCUT2D eigenvalue weighted by Gasteiger charge is -2.13. The molecule has 2 aromatic carbocycles. The maximum Gasteiger partial charge on any atom is 0.251 e. The van der Waals surface area contributed by atoms with Gasteiger partial charge in [-0.25, -0.2) is 0 Å². The number of ether oxygens (including phenoxy) is 2. The molecule has 0 fully saturated rings. The molecule has 0 saturated heterocycles. The molecule has 4 nitrogen and oxygen atoms in total. The van der Waals surface area contributed by atoms with E-state index in [0.717, 1.165) is 18.4 Å². The van der Waals surface area contributed by atoms with E-state index in [1.165, 1.54) is 0 Å². The molecule has 2 aromatic rings. The Kier molecular flexibility index (Phi) is 6.94. The average molecular weight is 348 g/mol. The van der Waals surface area contributed by atoms with Crippen LogP contribution in [0.15, 0.2) is 42.5 Å². The summed E-state index contributed by atoms with van der Waals surface area (Å²) in [5, 5.41) is 3.45. The van der Waals surface area contributed by atoms with Gasteiger partial charge >= 0.3 is 0 Å². The van der Waals surface area contributed by atoms with Gasteiger partial charge in [0.05, 0.1) is 12.1 Å². The Balaban J connectivity index is 2.11. The van der Waals surface area contributed by atoms with E-state index in [1.54, 1.807) is 37.4 Å². The van der Waals surface area contributed by atoms with Crippen molar-refractivity contribution in [2.24, 2.45) is 0 Å². The summed E-state index contributed by atoms with van der Waals surface area (Å²) in [5.41, 5.74) is 1.38. The number of hydrogen-bond donors (Lipinski definition) is 1. The lowest BCUT2D eigenvalue weighted by atomic mass is 10.1. The fraction of sp³-hybridized carbons (Fsp3) is 0.316. The van der Waals surface area contributed by atoms with Crippen LogP contribution < -0.4 is 14.8 Å². The van der Waals surface area contributed by atoms with Crippen molar-refractivity contribution in [2.45, 2.75) is 26.4 Å². The average Bonchev–Trinajstić information content (AvgIpc) is 2.61. The summed E-state index contributed by atoms with van der Waals surface area (Å²) in [6.45, 7) is 3.03. The molecule has 0 aliphatic carbocycles. The highest BCUT2D eigenvalue weighted by Crippen LogP contribution is 2.26. The van der Waals surface area contributed by atoms with Gasteiger partial charge in [0.1, 0.15) is 18.1 Å². The van der Waals surface area contributed by atoms with Crippen LogP contribution in [0.4, 0.5) is 0 Å². The Morgan fingerprint density at radius 2 is 1.96 bits per heavy atom. The third-order valence-electron chi connectivity index (χ3n) is 3.58. The smallest absolute Gasteiger partial charge is 0.251 e. The zero-order chi connectivity index (χ0) is 17.4. The van der Waals surface area contributed by atoms with E-state index in [0.29, 0.717) is 28.6 Å². The number of amides is 1. The van der Waals surface area contributed by atoms with Crippen molar-refractivity contribution in [3.05, 3.63) is 58.6 Å². The van der Waals surface area contributed by atoms with Gasteiger partial charge in [0.15, 0.2) is 0 Å². The van der Waals surface area contributed by atoms with Gasteiger partial charge in [-0.15, -0.1) is 0 Å². The van der Waals surface area contributed by atoms with E-state index < -0.39 is 0 Å². The summed E-state index contributed by atoms with van der Waals surface area (Å²) in [4.78, 5) is 12.2. The lowest BCUT2D eigenvalue weighted by molar-refractivity contribution is 0.0953. The van der Waals surface area contributed by atoms with Crippen LogP contribution in [0.2, 0.25) is 5.02 Å². The number of benzene rings is 2. The van der Waals surface area contributed by atoms with Crippen molar-refractivity contribution in [2.75, 3.05) is 13.7 Å². The number of halogens is 1. The second kappa shape index (κ2) is 9.18. The maximum atomic E-state index is 12.2. The van der Waals surface area contributed by atoms with E-state index >= 15 is 0 Å². The minimum absolute atomic E-state index is 0.0925. The summed E-state index contributed by atoms with van der Waals surface area (Å²) in [5.74, 6) is 1.18. The molecule has 0 bridgehead atoms. The predicted molar refractivity (Wildman–Crippen MR) is 96.0 cm³/mol. The lowest BCUT2D eigenvalue weighted by Crippen LogP contribution is -2.24. The zero-order valence-corrected chi connectivity index (χ0v) is 14.7. The SMILES string of the molecule is CCCCNC(=O)c1ccc(OC)c(COc2ccccc2Cl)c1. The minimum atomic E-state index is -0.0925. The van der Waals surface area contributed by atoms with E-state index in [4.69, 9.17) is 21.1 Å². The summed E-state index contributed by atoms with van der Waals surface area (Å²) >= 11 is 6.10. The van der Waals surface area contributed by atoms with Gasteiger partial charge in [0.2, 0.25) is 0 Å². The normalized spacial score (nSPS) is 10.3. The largest absolute Gasteiger partial charge is 0.496 e. The van der Waals surface area contributed by atoms with Crippen LogP contribution in [0.3, 0.4) is 0 Å². The van der Waals surface area contributed by atoms with E-state index in [2.05, 4.69) is 12.2 Å². The van der Waals surface area contributed by atoms with Gasteiger partial charge in [-0.1, -0.05) is 37.1 Å². The highest BCUT2D eigenvalue weighted by molar-refractivity contribution is 6.32. The minimum Gasteiger partial charge on any atom is -0.496 e. The van der Waals surface area contributed by atoms with Crippen molar-refractivity contribution in [3.63, 3.8) is 0 Å². The fourth-order valence-electron chi connectivity index (χ4n) is 2.23. The first-order valence-electron chi connectivity index (χ1n) is 7.98. The number of carbonyl (C=O) groups excluding carboxylic acids is 1. The van der Waals surface area contributed by atoms with Gasteiger partial charge in [0.25, 0.3) is 5.91 Å². The van der Waals surface area contributed by atoms with E-state index in [1.807, 2.05) is 12.1 Å². The van der Waals surface area contributed by atoms with E-state index in [-0.39, 0.29) is 12.5 Å². The molecule has 5 heteroatoms. The molecule has 2 rings (SSSR count). The monoisotopic (exact) mass is 347 g/mol. The molecule has 0 unspecified atom stereocenters. The molecule has 0 spiro atoms. The number of methoxy groups -OCH3 is 1. The van der Waals surface area contributed by atoms with Crippen molar-refractivity contribution in [3.8, 4) is 11.5 Å². The van der Waals surface area contributed by atoms with Crippen LogP contribution in [0.1, 0.15) is 35.7 Å². The molecule has 0 aromatic heterocycles. The molecular formula is C19H22ClNO3. The van der Waals surface area contributed by atoms with Gasteiger partial charge in [-0.2, -0.15) is 0 Å². The molecular weight excluding hydrogens is 326 g/mol. The van der Waals surface area contributed by atoms with Crippen LogP contribution in [0, 0.1) is 0 Å². The summed E-state index contributed by atoms with van der Waals surface area (Å²) in [6.07, 6.45) is 2.00. The van der Waals surface area contributed by atoms with Crippen molar-refractivity contribution >= 4 is 17.5 Å². The number of rotatable bonds is 8. The quantitative estimate of drug-likeness (QED) is 0.717. The molecule has 0 atom stereocenters. The molecule has 1 N–H and O–H groups in total. The van der Waals surface area contributed by atoms with E-state index in [9.17, 15) is 4.79 Å². The summed E-state index contributed by atoms with van der Waals surface area (Å²) < 4.78 is 11.1. The third-order valence-corrected chi connectivity index (χ3v) is 3.89. The summed E-state index contributed by atoms with van der Waals surface area (Å²) in [6, 6.07) is 12.6. The van der Waals surface area contributed by atoms with Gasteiger partial charge in [-0.05, 0) is 36.8 Å². The van der Waals surface area contributed by atoms with Gasteiger partial charge < -0.3 is 14.8 Å². The Bertz CT molecular complexity index is 688. The Morgan fingerprint density at radius 1 is 1.17 bits per heavy atom. The van der Waals surface area contributed by atoms with Gasteiger partial charge in [-0.3, -0.25) is 4.79 Å². The van der Waals surface area contributed by atoms with Crippen LogP contribution in [-0.4, -0.2) is 19.6 Å². The fourth-order valence-corrected chi connectivity index (χ4v) is 2.42. The number of nitrogens with one attached hydrogen (secondary N) is 1. The second-order valence-corrected chi connectivity index (χ2v) is 5.76. The molecule has 0 radical (unpaired) electrons. The Labute approximate surface area is 147 Å². The Morgan fingerprint density at radius 3 is 2.67 bits per heavy atom. The van der Waals surface area contributed by atoms with Crippen molar-refractivity contribution in [1.29, 1.82) is 0 Å². The molecule has 128 valence electrons. The summed E-state index contributed by atoms with van der Waals surface area (Å²) in [7, 11) is 1.59. The molecule has 24 heavy (non-hydrogen) atoms. The van der Waals surface area contributed by atoms with Crippen LogP contribution >= 0.6 is 11.6 Å². The first-order valence-corrected chi connectivity index (χ1v) is 8.36. The molecule has 0 saturated carbocycles. The highest BCUT2D eigenvalue weighted by atomic mass is 35.5. The van der Waals surface area contributed by atoms with Gasteiger partial charge in [0, 0.05) is 17.7 Å². The molecule has 0 aliphatic rings. The predicted octanol–water partition coefficient (Wildman–Crippen LogP) is 4.46. The number of hydrogen-bond acceptors (Lipinski definition) is 3. The topological polar surface area (TPSA) is 47.6 Å². The Hall–Kier alpha value is -2.20. The van der Waals surface area contributed by atoms with Crippen LogP contribution in [-0.2, 0) is 6.61 Å².